The van der Waals surface area contributed by atoms with Crippen LogP contribution >= 0.6 is 0 Å². The number of hydrogen-bond acceptors (Lipinski definition) is 6. The summed E-state index contributed by atoms with van der Waals surface area (Å²) in [5.74, 6) is -0.942. The van der Waals surface area contributed by atoms with E-state index in [1.54, 1.807) is 12.1 Å². The number of carbonyl (C=O) groups excluding carboxylic acids is 2. The van der Waals surface area contributed by atoms with Crippen molar-refractivity contribution >= 4 is 17.6 Å². The van der Waals surface area contributed by atoms with Gasteiger partial charge in [-0.1, -0.05) is 32.3 Å². The summed E-state index contributed by atoms with van der Waals surface area (Å²) < 4.78 is 10.7. The highest BCUT2D eigenvalue weighted by Crippen LogP contribution is 2.32. The van der Waals surface area contributed by atoms with E-state index >= 15 is 0 Å². The van der Waals surface area contributed by atoms with Crippen molar-refractivity contribution in [1.29, 1.82) is 0 Å². The topological polar surface area (TPSA) is 76.1 Å². The number of benzene rings is 1. The van der Waals surface area contributed by atoms with Crippen LogP contribution in [0.2, 0.25) is 0 Å². The zero-order valence-corrected chi connectivity index (χ0v) is 17.1. The Morgan fingerprint density at radius 3 is 2.57 bits per heavy atom. The highest BCUT2D eigenvalue weighted by Gasteiger charge is 2.44. The normalized spacial score (nSPS) is 20.3. The molecule has 154 valence electrons. The molecule has 1 aliphatic rings. The Balaban J connectivity index is 1.92. The van der Waals surface area contributed by atoms with Crippen LogP contribution in [0.3, 0.4) is 0 Å². The van der Waals surface area contributed by atoms with Gasteiger partial charge < -0.3 is 19.5 Å². The minimum absolute atomic E-state index is 0.170. The predicted molar refractivity (Wildman–Crippen MR) is 108 cm³/mol. The molecule has 0 aromatic heterocycles. The van der Waals surface area contributed by atoms with Crippen LogP contribution in [0, 0.1) is 0 Å². The Hall–Kier alpha value is -2.34. The molecule has 1 heterocycles. The standard InChI is InChI=1S/C22H31NO5/c1-4-5-6-7-8-9-18-14-22(15-24,28-21(18)26)16-27-20(25)17-10-12-19(13-11-17)23(2)3/h9-13,24H,4-8,14-16H2,1-3H3/b18-9+. The quantitative estimate of drug-likeness (QED) is 0.375. The maximum Gasteiger partial charge on any atom is 0.338 e. The van der Waals surface area contributed by atoms with Crippen LogP contribution in [0.15, 0.2) is 35.9 Å². The smallest absolute Gasteiger partial charge is 0.338 e. The molecule has 0 aliphatic carbocycles. The number of aliphatic hydroxyl groups excluding tert-OH is 1. The lowest BCUT2D eigenvalue weighted by Crippen LogP contribution is -2.39. The summed E-state index contributed by atoms with van der Waals surface area (Å²) in [5.41, 5.74) is 0.749. The third kappa shape index (κ3) is 5.83. The molecule has 0 saturated carbocycles. The first-order valence-electron chi connectivity index (χ1n) is 9.88. The number of hydrogen-bond donors (Lipinski definition) is 1. The molecule has 0 bridgehead atoms. The summed E-state index contributed by atoms with van der Waals surface area (Å²) in [6, 6.07) is 7.03. The Labute approximate surface area is 167 Å². The second-order valence-electron chi connectivity index (χ2n) is 7.50. The number of unbranched alkanes of at least 4 members (excludes halogenated alkanes) is 4. The van der Waals surface area contributed by atoms with Crippen LogP contribution in [0.5, 0.6) is 0 Å². The second kappa shape index (κ2) is 10.3. The Morgan fingerprint density at radius 2 is 1.96 bits per heavy atom. The van der Waals surface area contributed by atoms with Crippen molar-refractivity contribution < 1.29 is 24.2 Å². The van der Waals surface area contributed by atoms with E-state index < -0.39 is 24.1 Å². The fourth-order valence-corrected chi connectivity index (χ4v) is 3.11. The van der Waals surface area contributed by atoms with Gasteiger partial charge in [-0.3, -0.25) is 0 Å². The molecular weight excluding hydrogens is 358 g/mol. The van der Waals surface area contributed by atoms with Gasteiger partial charge >= 0.3 is 11.9 Å². The number of anilines is 1. The third-order valence-corrected chi connectivity index (χ3v) is 4.91. The van der Waals surface area contributed by atoms with E-state index in [9.17, 15) is 14.7 Å². The first-order chi connectivity index (χ1) is 13.4. The summed E-state index contributed by atoms with van der Waals surface area (Å²) in [4.78, 5) is 26.4. The van der Waals surface area contributed by atoms with Crippen LogP contribution in [0.4, 0.5) is 5.69 Å². The lowest BCUT2D eigenvalue weighted by molar-refractivity contribution is -0.154. The predicted octanol–water partition coefficient (Wildman–Crippen LogP) is 3.48. The number of esters is 2. The van der Waals surface area contributed by atoms with Gasteiger partial charge in [0.05, 0.1) is 12.2 Å². The summed E-state index contributed by atoms with van der Waals surface area (Å²) in [5, 5.41) is 9.77. The van der Waals surface area contributed by atoms with Gasteiger partial charge in [0.15, 0.2) is 5.60 Å². The van der Waals surface area contributed by atoms with E-state index in [1.807, 2.05) is 37.2 Å². The number of aliphatic hydroxyl groups is 1. The van der Waals surface area contributed by atoms with Gasteiger partial charge in [-0.05, 0) is 37.1 Å². The van der Waals surface area contributed by atoms with Crippen molar-refractivity contribution in [1.82, 2.24) is 0 Å². The van der Waals surface area contributed by atoms with E-state index in [-0.39, 0.29) is 13.0 Å². The molecule has 1 aromatic rings. The zero-order chi connectivity index (χ0) is 20.6. The van der Waals surface area contributed by atoms with Gasteiger partial charge in [0, 0.05) is 31.8 Å². The molecule has 1 aromatic carbocycles. The molecule has 2 rings (SSSR count). The lowest BCUT2D eigenvalue weighted by atomic mass is 9.98. The van der Waals surface area contributed by atoms with Crippen LogP contribution in [-0.2, 0) is 14.3 Å². The maximum absolute atomic E-state index is 12.3. The number of rotatable bonds is 10. The first kappa shape index (κ1) is 22.0. The Bertz CT molecular complexity index is 695. The van der Waals surface area contributed by atoms with E-state index in [0.29, 0.717) is 11.1 Å². The van der Waals surface area contributed by atoms with Gasteiger partial charge in [0.2, 0.25) is 0 Å². The van der Waals surface area contributed by atoms with E-state index in [2.05, 4.69) is 6.92 Å². The van der Waals surface area contributed by atoms with Crippen molar-refractivity contribution in [3.63, 3.8) is 0 Å². The van der Waals surface area contributed by atoms with Gasteiger partial charge in [-0.15, -0.1) is 0 Å². The molecule has 0 spiro atoms. The summed E-state index contributed by atoms with van der Waals surface area (Å²) in [6.45, 7) is 1.59. The SMILES string of the molecule is CCCCCC/C=C1\CC(CO)(COC(=O)c2ccc(N(C)C)cc2)OC1=O. The number of cyclic esters (lactones) is 1. The third-order valence-electron chi connectivity index (χ3n) is 4.91. The zero-order valence-electron chi connectivity index (χ0n) is 17.1. The highest BCUT2D eigenvalue weighted by atomic mass is 16.6. The molecule has 1 saturated heterocycles. The molecule has 0 radical (unpaired) electrons. The van der Waals surface area contributed by atoms with Crippen molar-refractivity contribution in [2.45, 2.75) is 51.0 Å². The van der Waals surface area contributed by atoms with Crippen LogP contribution in [0.25, 0.3) is 0 Å². The average molecular weight is 389 g/mol. The molecule has 1 aliphatic heterocycles. The van der Waals surface area contributed by atoms with Crippen LogP contribution < -0.4 is 4.90 Å². The Kier molecular flexibility index (Phi) is 8.05. The number of carbonyl (C=O) groups is 2. The molecule has 1 atom stereocenters. The Morgan fingerprint density at radius 1 is 1.25 bits per heavy atom. The maximum atomic E-state index is 12.3. The molecule has 1 unspecified atom stereocenters. The van der Waals surface area contributed by atoms with Crippen LogP contribution in [0.1, 0.15) is 55.8 Å². The van der Waals surface area contributed by atoms with Gasteiger partial charge in [0.1, 0.15) is 6.61 Å². The van der Waals surface area contributed by atoms with Crippen molar-refractivity contribution in [2.24, 2.45) is 0 Å². The summed E-state index contributed by atoms with van der Waals surface area (Å²) >= 11 is 0. The molecule has 6 nitrogen and oxygen atoms in total. The second-order valence-corrected chi connectivity index (χ2v) is 7.50. The molecule has 1 N–H and O–H groups in total. The number of nitrogens with zero attached hydrogens (tertiary/aromatic N) is 1. The highest BCUT2D eigenvalue weighted by molar-refractivity contribution is 5.92. The van der Waals surface area contributed by atoms with Gasteiger partial charge in [-0.2, -0.15) is 0 Å². The van der Waals surface area contributed by atoms with Crippen molar-refractivity contribution in [2.75, 3.05) is 32.2 Å². The number of allylic oxidation sites excluding steroid dienone is 1. The largest absolute Gasteiger partial charge is 0.458 e. The average Bonchev–Trinajstić information content (AvgIpc) is 3.02. The minimum Gasteiger partial charge on any atom is -0.458 e. The van der Waals surface area contributed by atoms with Gasteiger partial charge in [-0.25, -0.2) is 9.59 Å². The summed E-state index contributed by atoms with van der Waals surface area (Å²) in [6.07, 6.45) is 7.44. The van der Waals surface area contributed by atoms with Gasteiger partial charge in [0.25, 0.3) is 0 Å². The van der Waals surface area contributed by atoms with E-state index in [4.69, 9.17) is 9.47 Å². The van der Waals surface area contributed by atoms with Crippen molar-refractivity contribution in [3.8, 4) is 0 Å². The van der Waals surface area contributed by atoms with Crippen LogP contribution in [-0.4, -0.2) is 50.0 Å². The first-order valence-corrected chi connectivity index (χ1v) is 9.88. The fourth-order valence-electron chi connectivity index (χ4n) is 3.11. The fraction of sp³-hybridized carbons (Fsp3) is 0.545. The molecule has 6 heteroatoms. The molecule has 1 fully saturated rings. The van der Waals surface area contributed by atoms with Crippen molar-refractivity contribution in [3.05, 3.63) is 41.5 Å². The van der Waals surface area contributed by atoms with E-state index in [0.717, 1.165) is 31.4 Å². The minimum atomic E-state index is -1.19. The number of ether oxygens (including phenoxy) is 2. The summed E-state index contributed by atoms with van der Waals surface area (Å²) in [7, 11) is 3.84. The van der Waals surface area contributed by atoms with E-state index in [1.165, 1.54) is 6.42 Å². The monoisotopic (exact) mass is 389 g/mol. The molecular formula is C22H31NO5. The molecule has 28 heavy (non-hydrogen) atoms. The lowest BCUT2D eigenvalue weighted by Gasteiger charge is -2.24. The molecule has 0 amide bonds.